The van der Waals surface area contributed by atoms with Crippen molar-refractivity contribution in [3.8, 4) is 0 Å². The molecule has 0 saturated carbocycles. The van der Waals surface area contributed by atoms with E-state index in [1.807, 2.05) is 0 Å². The van der Waals surface area contributed by atoms with Crippen LogP contribution < -0.4 is 11.3 Å². The summed E-state index contributed by atoms with van der Waals surface area (Å²) < 4.78 is 5.48. The lowest BCUT2D eigenvalue weighted by molar-refractivity contribution is -0.149. The van der Waals surface area contributed by atoms with E-state index < -0.39 is 0 Å². The first-order valence-corrected chi connectivity index (χ1v) is 12.4. The second kappa shape index (κ2) is 22.7. The Morgan fingerprint density at radius 2 is 1.11 bits per heavy atom. The minimum atomic E-state index is 0.0382. The molecule has 0 fully saturated rings. The van der Waals surface area contributed by atoms with Gasteiger partial charge < -0.3 is 4.74 Å². The smallest absolute Gasteiger partial charge is 0.308 e. The lowest BCUT2D eigenvalue weighted by Crippen LogP contribution is -2.22. The maximum atomic E-state index is 12.1. The maximum absolute atomic E-state index is 12.1. The molecule has 0 amide bonds. The highest BCUT2D eigenvalue weighted by Crippen LogP contribution is 2.16. The highest BCUT2D eigenvalue weighted by atomic mass is 16.5. The Morgan fingerprint density at radius 3 is 1.50 bits per heavy atom. The highest BCUT2D eigenvalue weighted by Gasteiger charge is 2.17. The van der Waals surface area contributed by atoms with Gasteiger partial charge in [0.1, 0.15) is 0 Å². The van der Waals surface area contributed by atoms with Crippen LogP contribution in [0.2, 0.25) is 0 Å². The van der Waals surface area contributed by atoms with E-state index in [1.54, 1.807) is 0 Å². The van der Waals surface area contributed by atoms with Crippen LogP contribution in [0.5, 0.6) is 0 Å². The van der Waals surface area contributed by atoms with E-state index in [-0.39, 0.29) is 11.9 Å². The average molecular weight is 399 g/mol. The molecule has 168 valence electrons. The monoisotopic (exact) mass is 398 g/mol. The number of rotatable bonds is 22. The Labute approximate surface area is 175 Å². The third-order valence-electron chi connectivity index (χ3n) is 5.57. The predicted molar refractivity (Wildman–Crippen MR) is 121 cm³/mol. The van der Waals surface area contributed by atoms with Gasteiger partial charge in [0.05, 0.1) is 12.5 Å². The Morgan fingerprint density at radius 1 is 0.714 bits per heavy atom. The molecule has 0 rings (SSSR count). The molecule has 28 heavy (non-hydrogen) atoms. The molecule has 0 aromatic rings. The van der Waals surface area contributed by atoms with Crippen molar-refractivity contribution < 1.29 is 9.53 Å². The zero-order chi connectivity index (χ0) is 20.7. The molecular weight excluding hydrogens is 348 g/mol. The van der Waals surface area contributed by atoms with Gasteiger partial charge in [-0.15, -0.1) is 0 Å². The van der Waals surface area contributed by atoms with E-state index >= 15 is 0 Å². The molecule has 0 aromatic carbocycles. The van der Waals surface area contributed by atoms with Crippen LogP contribution in [-0.2, 0) is 9.53 Å². The van der Waals surface area contributed by atoms with Gasteiger partial charge in [-0.2, -0.15) is 0 Å². The summed E-state index contributed by atoms with van der Waals surface area (Å²) in [6, 6.07) is 0. The molecule has 0 atom stereocenters. The molecule has 4 nitrogen and oxygen atoms in total. The van der Waals surface area contributed by atoms with Gasteiger partial charge >= 0.3 is 5.97 Å². The van der Waals surface area contributed by atoms with E-state index in [0.717, 1.165) is 38.6 Å². The number of hydrazine groups is 1. The van der Waals surface area contributed by atoms with Crippen molar-refractivity contribution >= 4 is 5.97 Å². The first-order valence-electron chi connectivity index (χ1n) is 12.4. The molecule has 0 aliphatic rings. The molecule has 3 N–H and O–H groups in total. The number of ether oxygens (including phenoxy) is 1. The Bertz CT molecular complexity index is 318. The molecule has 0 aromatic heterocycles. The van der Waals surface area contributed by atoms with Crippen molar-refractivity contribution in [2.45, 2.75) is 129 Å². The topological polar surface area (TPSA) is 64.3 Å². The van der Waals surface area contributed by atoms with Crippen molar-refractivity contribution in [3.63, 3.8) is 0 Å². The average Bonchev–Trinajstić information content (AvgIpc) is 2.70. The summed E-state index contributed by atoms with van der Waals surface area (Å²) in [5, 5.41) is 0. The Kier molecular flexibility index (Phi) is 22.2. The fourth-order valence-corrected chi connectivity index (χ4v) is 3.82. The third-order valence-corrected chi connectivity index (χ3v) is 5.57. The second-order valence-corrected chi connectivity index (χ2v) is 8.35. The number of unbranched alkanes of at least 4 members (excludes halogenated alkanes) is 13. The largest absolute Gasteiger partial charge is 0.465 e. The number of esters is 1. The van der Waals surface area contributed by atoms with Gasteiger partial charge in [0.15, 0.2) is 0 Å². The summed E-state index contributed by atoms with van der Waals surface area (Å²) in [6.07, 6.45) is 22.5. The van der Waals surface area contributed by atoms with Gasteiger partial charge in [0.2, 0.25) is 0 Å². The van der Waals surface area contributed by atoms with Crippen molar-refractivity contribution in [3.05, 3.63) is 0 Å². The summed E-state index contributed by atoms with van der Waals surface area (Å²) in [5.41, 5.74) is 2.71. The first kappa shape index (κ1) is 27.4. The highest BCUT2D eigenvalue weighted by molar-refractivity contribution is 5.72. The first-order chi connectivity index (χ1) is 13.8. The summed E-state index contributed by atoms with van der Waals surface area (Å²) >= 11 is 0. The fraction of sp³-hybridized carbons (Fsp3) is 0.958. The number of hydrogen-bond acceptors (Lipinski definition) is 4. The van der Waals surface area contributed by atoms with Crippen molar-refractivity contribution in [1.29, 1.82) is 0 Å². The Hall–Kier alpha value is -0.610. The zero-order valence-electron chi connectivity index (χ0n) is 19.1. The number of nitrogens with two attached hydrogens (primary N) is 1. The molecular formula is C24H50N2O2. The van der Waals surface area contributed by atoms with Gasteiger partial charge in [-0.25, -0.2) is 0 Å². The van der Waals surface area contributed by atoms with Crippen molar-refractivity contribution in [1.82, 2.24) is 5.43 Å². The quantitative estimate of drug-likeness (QED) is 0.0925. The number of carbonyl (C=O) groups is 1. The van der Waals surface area contributed by atoms with Crippen LogP contribution in [0, 0.1) is 5.92 Å². The summed E-state index contributed by atoms with van der Waals surface area (Å²) in [7, 11) is 0. The van der Waals surface area contributed by atoms with Crippen LogP contribution in [0.25, 0.3) is 0 Å². The van der Waals surface area contributed by atoms with Crippen LogP contribution in [0.15, 0.2) is 0 Å². The number of nitrogens with one attached hydrogen (secondary N) is 1. The molecule has 0 bridgehead atoms. The maximum Gasteiger partial charge on any atom is 0.308 e. The molecule has 0 saturated heterocycles. The molecule has 0 spiro atoms. The van der Waals surface area contributed by atoms with Gasteiger partial charge in [-0.3, -0.25) is 16.1 Å². The van der Waals surface area contributed by atoms with Crippen LogP contribution >= 0.6 is 0 Å². The van der Waals surface area contributed by atoms with E-state index in [2.05, 4.69) is 19.3 Å². The Balaban J connectivity index is 3.26. The normalized spacial score (nSPS) is 11.3. The molecule has 4 heteroatoms. The summed E-state index contributed by atoms with van der Waals surface area (Å²) in [4.78, 5) is 12.1. The summed E-state index contributed by atoms with van der Waals surface area (Å²) in [5.74, 6) is 5.43. The lowest BCUT2D eigenvalue weighted by Gasteiger charge is -2.14. The van der Waals surface area contributed by atoms with Crippen LogP contribution in [0.3, 0.4) is 0 Å². The minimum Gasteiger partial charge on any atom is -0.465 e. The standard InChI is InChI=1S/C24H50N2O2/c1-3-19-23(20-4-2)24(27)28-22-18-16-14-12-10-8-6-5-7-9-11-13-15-17-21-26-25/h23,26H,3-22,25H2,1-2H3. The number of hydrogen-bond donors (Lipinski definition) is 2. The summed E-state index contributed by atoms with van der Waals surface area (Å²) in [6.45, 7) is 5.84. The molecule has 0 unspecified atom stereocenters. The SMILES string of the molecule is CCCC(CCC)C(=O)OCCCCCCCCCCCCCCCCNN. The zero-order valence-corrected chi connectivity index (χ0v) is 19.1. The second-order valence-electron chi connectivity index (χ2n) is 8.35. The van der Waals surface area contributed by atoms with Crippen LogP contribution in [0.1, 0.15) is 129 Å². The van der Waals surface area contributed by atoms with Crippen molar-refractivity contribution in [2.24, 2.45) is 11.8 Å². The number of carbonyl (C=O) groups excluding carboxylic acids is 1. The van der Waals surface area contributed by atoms with Crippen molar-refractivity contribution in [2.75, 3.05) is 13.2 Å². The van der Waals surface area contributed by atoms with E-state index in [1.165, 1.54) is 83.5 Å². The molecule has 0 heterocycles. The molecule has 0 aliphatic heterocycles. The predicted octanol–water partition coefficient (Wildman–Crippen LogP) is 6.67. The van der Waals surface area contributed by atoms with E-state index in [0.29, 0.717) is 6.61 Å². The van der Waals surface area contributed by atoms with Gasteiger partial charge in [0, 0.05) is 6.54 Å². The van der Waals surface area contributed by atoms with Crippen LogP contribution in [-0.4, -0.2) is 19.1 Å². The van der Waals surface area contributed by atoms with Gasteiger partial charge in [-0.05, 0) is 25.7 Å². The van der Waals surface area contributed by atoms with Gasteiger partial charge in [-0.1, -0.05) is 104 Å². The molecule has 0 radical (unpaired) electrons. The van der Waals surface area contributed by atoms with Crippen LogP contribution in [0.4, 0.5) is 0 Å². The molecule has 0 aliphatic carbocycles. The minimum absolute atomic E-state index is 0.0382. The van der Waals surface area contributed by atoms with E-state index in [9.17, 15) is 4.79 Å². The van der Waals surface area contributed by atoms with Gasteiger partial charge in [0.25, 0.3) is 0 Å². The fourth-order valence-electron chi connectivity index (χ4n) is 3.82. The third kappa shape index (κ3) is 18.7. The van der Waals surface area contributed by atoms with E-state index in [4.69, 9.17) is 10.6 Å². The lowest BCUT2D eigenvalue weighted by atomic mass is 9.99.